The van der Waals surface area contributed by atoms with Crippen LogP contribution in [0.3, 0.4) is 0 Å². The quantitative estimate of drug-likeness (QED) is 0.325. The molecule has 3 aromatic heterocycles. The number of nitrogens with zero attached hydrogens (tertiary/aromatic N) is 4. The maximum absolute atomic E-state index is 12.9. The van der Waals surface area contributed by atoms with Crippen molar-refractivity contribution in [3.63, 3.8) is 0 Å². The molecule has 8 nitrogen and oxygen atoms in total. The lowest BCUT2D eigenvalue weighted by atomic mass is 10.3. The van der Waals surface area contributed by atoms with E-state index in [4.69, 9.17) is 23.2 Å². The predicted octanol–water partition coefficient (Wildman–Crippen LogP) is 3.79. The van der Waals surface area contributed by atoms with Crippen LogP contribution in [0.2, 0.25) is 10.0 Å². The van der Waals surface area contributed by atoms with E-state index in [2.05, 4.69) is 15.3 Å². The van der Waals surface area contributed by atoms with Crippen LogP contribution in [0.1, 0.15) is 0 Å². The highest BCUT2D eigenvalue weighted by Gasteiger charge is 2.19. The Morgan fingerprint density at radius 3 is 2.59 bits per heavy atom. The lowest BCUT2D eigenvalue weighted by Gasteiger charge is -2.11. The summed E-state index contributed by atoms with van der Waals surface area (Å²) >= 11 is 14.4. The molecule has 1 N–H and O–H groups in total. The van der Waals surface area contributed by atoms with Crippen molar-refractivity contribution >= 4 is 68.9 Å². The minimum Gasteiger partial charge on any atom is -0.325 e. The van der Waals surface area contributed by atoms with E-state index in [-0.39, 0.29) is 22.7 Å². The highest BCUT2D eigenvalue weighted by Crippen LogP contribution is 2.29. The molecule has 0 aliphatic heterocycles. The van der Waals surface area contributed by atoms with Crippen LogP contribution >= 0.6 is 46.3 Å². The first-order chi connectivity index (χ1) is 15.3. The van der Waals surface area contributed by atoms with Crippen molar-refractivity contribution in [2.75, 3.05) is 11.1 Å². The number of halogens is 2. The summed E-state index contributed by atoms with van der Waals surface area (Å²) in [6, 6.07) is 8.47. The molecule has 0 bridgehead atoms. The number of carbonyl (C=O) groups is 1. The number of anilines is 1. The Morgan fingerprint density at radius 1 is 1.12 bits per heavy atom. The van der Waals surface area contributed by atoms with Gasteiger partial charge >= 0.3 is 5.69 Å². The van der Waals surface area contributed by atoms with Gasteiger partial charge in [-0.05, 0) is 29.6 Å². The van der Waals surface area contributed by atoms with E-state index in [0.29, 0.717) is 26.6 Å². The molecule has 4 aromatic rings. The number of aromatic nitrogens is 4. The van der Waals surface area contributed by atoms with Gasteiger partial charge in [0, 0.05) is 19.8 Å². The zero-order chi connectivity index (χ0) is 23.0. The Hall–Kier alpha value is -2.66. The van der Waals surface area contributed by atoms with Crippen LogP contribution in [-0.2, 0) is 18.9 Å². The van der Waals surface area contributed by atoms with E-state index in [1.54, 1.807) is 25.2 Å². The maximum Gasteiger partial charge on any atom is 0.332 e. The largest absolute Gasteiger partial charge is 0.332 e. The first-order valence-electron chi connectivity index (χ1n) is 9.15. The Balaban J connectivity index is 1.72. The summed E-state index contributed by atoms with van der Waals surface area (Å²) in [4.78, 5) is 47.6. The van der Waals surface area contributed by atoms with Crippen molar-refractivity contribution in [1.29, 1.82) is 0 Å². The zero-order valence-electron chi connectivity index (χ0n) is 16.8. The van der Waals surface area contributed by atoms with E-state index in [1.165, 1.54) is 23.0 Å². The SMILES string of the molecule is Cn1c(=O)c2c(SCC(=O)Nc3ccc(Cl)c(Cl)c3)nc(-c3cccs3)nc2n(C)c1=O. The van der Waals surface area contributed by atoms with Crippen molar-refractivity contribution < 1.29 is 4.79 Å². The number of thiophene rings is 1. The van der Waals surface area contributed by atoms with Gasteiger partial charge in [-0.3, -0.25) is 18.7 Å². The molecule has 3 heterocycles. The molecule has 0 atom stereocenters. The van der Waals surface area contributed by atoms with Gasteiger partial charge in [0.05, 0.1) is 20.7 Å². The highest BCUT2D eigenvalue weighted by molar-refractivity contribution is 8.00. The molecular weight excluding hydrogens is 493 g/mol. The lowest BCUT2D eigenvalue weighted by Crippen LogP contribution is -2.37. The van der Waals surface area contributed by atoms with Gasteiger partial charge < -0.3 is 5.32 Å². The number of hydrogen-bond acceptors (Lipinski definition) is 7. The maximum atomic E-state index is 12.9. The minimum absolute atomic E-state index is 0.0256. The first kappa shape index (κ1) is 22.5. The number of nitrogens with one attached hydrogen (secondary N) is 1. The first-order valence-corrected chi connectivity index (χ1v) is 11.8. The van der Waals surface area contributed by atoms with Gasteiger partial charge in [0.2, 0.25) is 5.91 Å². The smallest absolute Gasteiger partial charge is 0.325 e. The average molecular weight is 508 g/mol. The van der Waals surface area contributed by atoms with Crippen LogP contribution in [0.5, 0.6) is 0 Å². The van der Waals surface area contributed by atoms with E-state index in [0.717, 1.165) is 21.2 Å². The van der Waals surface area contributed by atoms with Crippen molar-refractivity contribution in [2.45, 2.75) is 5.03 Å². The fourth-order valence-corrected chi connectivity index (χ4v) is 4.72. The minimum atomic E-state index is -0.520. The third-order valence-electron chi connectivity index (χ3n) is 4.55. The van der Waals surface area contributed by atoms with Crippen molar-refractivity contribution in [3.05, 3.63) is 66.6 Å². The third kappa shape index (κ3) is 4.31. The monoisotopic (exact) mass is 507 g/mol. The van der Waals surface area contributed by atoms with Crippen molar-refractivity contribution in [3.8, 4) is 10.7 Å². The molecule has 12 heteroatoms. The fraction of sp³-hybridized carbons (Fsp3) is 0.150. The van der Waals surface area contributed by atoms with Gasteiger partial charge in [-0.2, -0.15) is 0 Å². The molecule has 0 saturated heterocycles. The van der Waals surface area contributed by atoms with E-state index < -0.39 is 11.2 Å². The third-order valence-corrected chi connectivity index (χ3v) is 7.13. The van der Waals surface area contributed by atoms with Gasteiger partial charge in [-0.25, -0.2) is 14.8 Å². The Morgan fingerprint density at radius 2 is 1.91 bits per heavy atom. The van der Waals surface area contributed by atoms with Gasteiger partial charge in [0.1, 0.15) is 10.4 Å². The predicted molar refractivity (Wildman–Crippen MR) is 129 cm³/mol. The lowest BCUT2D eigenvalue weighted by molar-refractivity contribution is -0.113. The fourth-order valence-electron chi connectivity index (χ4n) is 2.95. The summed E-state index contributed by atoms with van der Waals surface area (Å²) < 4.78 is 2.30. The molecule has 0 aliphatic carbocycles. The highest BCUT2D eigenvalue weighted by atomic mass is 35.5. The second-order valence-corrected chi connectivity index (χ2v) is 9.43. The summed E-state index contributed by atoms with van der Waals surface area (Å²) in [6.45, 7) is 0. The summed E-state index contributed by atoms with van der Waals surface area (Å²) in [5.41, 5.74) is -0.307. The number of thioether (sulfide) groups is 1. The average Bonchev–Trinajstić information content (AvgIpc) is 3.31. The van der Waals surface area contributed by atoms with E-state index >= 15 is 0 Å². The molecule has 4 rings (SSSR count). The summed E-state index contributed by atoms with van der Waals surface area (Å²) in [5, 5.41) is 5.82. The van der Waals surface area contributed by atoms with Gasteiger partial charge in [0.25, 0.3) is 5.56 Å². The van der Waals surface area contributed by atoms with Crippen molar-refractivity contribution in [2.24, 2.45) is 14.1 Å². The standard InChI is InChI=1S/C20H15Cl2N5O3S2/c1-26-17-15(19(29)27(2)20(26)30)18(25-16(24-17)13-4-3-7-31-13)32-9-14(28)23-10-5-6-11(21)12(22)8-10/h3-8H,9H2,1-2H3,(H,23,28). The topological polar surface area (TPSA) is 98.9 Å². The Labute approximate surface area is 199 Å². The molecular formula is C20H15Cl2N5O3S2. The van der Waals surface area contributed by atoms with Crippen LogP contribution in [0.25, 0.3) is 21.7 Å². The second-order valence-electron chi connectivity index (χ2n) is 6.70. The second kappa shape index (κ2) is 9.07. The molecule has 0 saturated carbocycles. The molecule has 0 unspecified atom stereocenters. The molecule has 1 aromatic carbocycles. The summed E-state index contributed by atoms with van der Waals surface area (Å²) in [6.07, 6.45) is 0. The van der Waals surface area contributed by atoms with Gasteiger partial charge in [0.15, 0.2) is 11.5 Å². The van der Waals surface area contributed by atoms with E-state index in [1.807, 2.05) is 17.5 Å². The molecule has 164 valence electrons. The number of fused-ring (bicyclic) bond motifs is 1. The molecule has 0 spiro atoms. The van der Waals surface area contributed by atoms with Gasteiger partial charge in [-0.1, -0.05) is 41.0 Å². The van der Waals surface area contributed by atoms with E-state index in [9.17, 15) is 14.4 Å². The Bertz CT molecular complexity index is 1470. The number of amides is 1. The number of benzene rings is 1. The number of carbonyl (C=O) groups excluding carboxylic acids is 1. The summed E-state index contributed by atoms with van der Waals surface area (Å²) in [7, 11) is 2.93. The molecule has 32 heavy (non-hydrogen) atoms. The van der Waals surface area contributed by atoms with Crippen LogP contribution in [0.15, 0.2) is 50.3 Å². The Kier molecular flexibility index (Phi) is 6.38. The molecule has 0 radical (unpaired) electrons. The van der Waals surface area contributed by atoms with Crippen LogP contribution < -0.4 is 16.6 Å². The van der Waals surface area contributed by atoms with Crippen LogP contribution in [0.4, 0.5) is 5.69 Å². The zero-order valence-corrected chi connectivity index (χ0v) is 19.9. The number of rotatable bonds is 5. The van der Waals surface area contributed by atoms with Crippen molar-refractivity contribution in [1.82, 2.24) is 19.1 Å². The normalized spacial score (nSPS) is 11.1. The van der Waals surface area contributed by atoms with Crippen LogP contribution in [0, 0.1) is 0 Å². The number of aryl methyl sites for hydroxylation is 1. The molecule has 0 aliphatic rings. The van der Waals surface area contributed by atoms with Crippen LogP contribution in [-0.4, -0.2) is 30.8 Å². The molecule has 0 fully saturated rings. The number of hydrogen-bond donors (Lipinski definition) is 1. The summed E-state index contributed by atoms with van der Waals surface area (Å²) in [5.74, 6) is 0.0324. The molecule has 1 amide bonds. The van der Waals surface area contributed by atoms with Gasteiger partial charge in [-0.15, -0.1) is 11.3 Å².